The van der Waals surface area contributed by atoms with Crippen molar-refractivity contribution in [3.05, 3.63) is 36.0 Å². The maximum Gasteiger partial charge on any atom is 0.299 e. The fourth-order valence-corrected chi connectivity index (χ4v) is 2.13. The Morgan fingerprint density at radius 1 is 1.33 bits per heavy atom. The van der Waals surface area contributed by atoms with Crippen molar-refractivity contribution < 1.29 is 9.53 Å². The van der Waals surface area contributed by atoms with Crippen molar-refractivity contribution in [3.8, 4) is 15.6 Å². The summed E-state index contributed by atoms with van der Waals surface area (Å²) in [4.78, 5) is 14.6. The molecule has 4 heteroatoms. The molecule has 0 atom stereocenters. The van der Waals surface area contributed by atoms with Crippen molar-refractivity contribution in [2.45, 2.75) is 6.92 Å². The lowest BCUT2D eigenvalue weighted by atomic mass is 10.2. The molecule has 0 aliphatic carbocycles. The first kappa shape index (κ1) is 9.86. The number of benzene rings is 1. The maximum atomic E-state index is 10.2. The van der Waals surface area contributed by atoms with Crippen LogP contribution in [0.3, 0.4) is 0 Å². The highest BCUT2D eigenvalue weighted by molar-refractivity contribution is 7.17. The number of carbonyl (C=O) groups excluding carboxylic acids is 1. The lowest BCUT2D eigenvalue weighted by molar-refractivity contribution is -0.120. The van der Waals surface area contributed by atoms with E-state index in [-0.39, 0.29) is 0 Å². The fourth-order valence-electron chi connectivity index (χ4n) is 1.24. The van der Waals surface area contributed by atoms with Gasteiger partial charge in [0.1, 0.15) is 5.01 Å². The van der Waals surface area contributed by atoms with Gasteiger partial charge in [0.2, 0.25) is 5.06 Å². The topological polar surface area (TPSA) is 39.2 Å². The first-order valence-electron chi connectivity index (χ1n) is 4.44. The molecule has 0 aliphatic heterocycles. The molecule has 1 aromatic heterocycles. The predicted molar refractivity (Wildman–Crippen MR) is 59.0 cm³/mol. The number of rotatable bonds is 3. The van der Waals surface area contributed by atoms with Gasteiger partial charge >= 0.3 is 0 Å². The minimum Gasteiger partial charge on any atom is -0.416 e. The Hall–Kier alpha value is -1.68. The third-order valence-electron chi connectivity index (χ3n) is 1.93. The van der Waals surface area contributed by atoms with Gasteiger partial charge in [0.15, 0.2) is 0 Å². The highest BCUT2D eigenvalue weighted by Gasteiger charge is 2.09. The Labute approximate surface area is 91.4 Å². The minimum atomic E-state index is 0.426. The average molecular weight is 219 g/mol. The van der Waals surface area contributed by atoms with Gasteiger partial charge in [-0.15, -0.1) is 0 Å². The number of hydrogen-bond donors (Lipinski definition) is 0. The summed E-state index contributed by atoms with van der Waals surface area (Å²) in [6.45, 7) is 2.25. The lowest BCUT2D eigenvalue weighted by Crippen LogP contribution is -1.86. The molecule has 2 rings (SSSR count). The van der Waals surface area contributed by atoms with Crippen LogP contribution in [0.2, 0.25) is 0 Å². The largest absolute Gasteiger partial charge is 0.416 e. The molecule has 3 nitrogen and oxygen atoms in total. The molecule has 1 heterocycles. The zero-order valence-corrected chi connectivity index (χ0v) is 8.95. The molecule has 15 heavy (non-hydrogen) atoms. The highest BCUT2D eigenvalue weighted by atomic mass is 32.1. The molecule has 0 aliphatic rings. The van der Waals surface area contributed by atoms with E-state index in [4.69, 9.17) is 4.74 Å². The van der Waals surface area contributed by atoms with E-state index in [0.29, 0.717) is 11.5 Å². The fraction of sp³-hybridized carbons (Fsp3) is 0.0909. The summed E-state index contributed by atoms with van der Waals surface area (Å²) in [5.74, 6) is 0. The second kappa shape index (κ2) is 4.23. The van der Waals surface area contributed by atoms with Crippen LogP contribution < -0.4 is 4.74 Å². The number of nitrogens with zero attached hydrogens (tertiary/aromatic N) is 1. The van der Waals surface area contributed by atoms with Crippen LogP contribution in [0.4, 0.5) is 0 Å². The van der Waals surface area contributed by atoms with E-state index >= 15 is 0 Å². The molecule has 2 aromatic rings. The van der Waals surface area contributed by atoms with Gasteiger partial charge in [-0.3, -0.25) is 4.79 Å². The van der Waals surface area contributed by atoms with E-state index in [0.717, 1.165) is 16.3 Å². The second-order valence-electron chi connectivity index (χ2n) is 2.97. The molecule has 0 bridgehead atoms. The molecule has 0 amide bonds. The van der Waals surface area contributed by atoms with E-state index in [2.05, 4.69) is 4.98 Å². The molecule has 0 radical (unpaired) electrons. The smallest absolute Gasteiger partial charge is 0.299 e. The van der Waals surface area contributed by atoms with Crippen molar-refractivity contribution in [3.63, 3.8) is 0 Å². The zero-order chi connectivity index (χ0) is 10.7. The monoisotopic (exact) mass is 219 g/mol. The molecule has 0 spiro atoms. The van der Waals surface area contributed by atoms with Gasteiger partial charge in [-0.25, -0.2) is 4.98 Å². The third kappa shape index (κ3) is 2.05. The SMILES string of the molecule is Cc1nc(-c2ccccc2)sc1OC=O. The number of aromatic nitrogens is 1. The molecule has 0 unspecified atom stereocenters. The summed E-state index contributed by atoms with van der Waals surface area (Å²) in [6, 6.07) is 9.80. The molecule has 0 saturated heterocycles. The van der Waals surface area contributed by atoms with E-state index in [1.807, 2.05) is 37.3 Å². The highest BCUT2D eigenvalue weighted by Crippen LogP contribution is 2.32. The van der Waals surface area contributed by atoms with Crippen LogP contribution in [0, 0.1) is 6.92 Å². The van der Waals surface area contributed by atoms with Gasteiger partial charge in [0.05, 0.1) is 5.69 Å². The molecule has 1 aromatic carbocycles. The van der Waals surface area contributed by atoms with Gasteiger partial charge in [-0.1, -0.05) is 41.7 Å². The van der Waals surface area contributed by atoms with E-state index in [9.17, 15) is 4.79 Å². The first-order chi connectivity index (χ1) is 7.31. The maximum absolute atomic E-state index is 10.2. The Bertz CT molecular complexity index is 465. The Balaban J connectivity index is 2.38. The Morgan fingerprint density at radius 3 is 2.73 bits per heavy atom. The molecule has 0 fully saturated rings. The first-order valence-corrected chi connectivity index (χ1v) is 5.26. The average Bonchev–Trinajstić information content (AvgIpc) is 2.63. The summed E-state index contributed by atoms with van der Waals surface area (Å²) < 4.78 is 4.81. The molecular weight excluding hydrogens is 210 g/mol. The summed E-state index contributed by atoms with van der Waals surface area (Å²) in [5, 5.41) is 1.42. The standard InChI is InChI=1S/C11H9NO2S/c1-8-11(14-7-13)15-10(12-8)9-5-3-2-4-6-9/h2-7H,1H3. The molecule has 0 saturated carbocycles. The molecule has 76 valence electrons. The van der Waals surface area contributed by atoms with Crippen LogP contribution in [0.5, 0.6) is 5.06 Å². The van der Waals surface area contributed by atoms with Gasteiger partial charge in [-0.2, -0.15) is 0 Å². The summed E-state index contributed by atoms with van der Waals surface area (Å²) in [7, 11) is 0. The van der Waals surface area contributed by atoms with Crippen molar-refractivity contribution in [2.24, 2.45) is 0 Å². The molecular formula is C11H9NO2S. The number of aryl methyl sites for hydroxylation is 1. The number of hydrogen-bond acceptors (Lipinski definition) is 4. The number of thiazole rings is 1. The van der Waals surface area contributed by atoms with Crippen LogP contribution in [0.25, 0.3) is 10.6 Å². The van der Waals surface area contributed by atoms with Crippen molar-refractivity contribution in [1.29, 1.82) is 0 Å². The van der Waals surface area contributed by atoms with E-state index < -0.39 is 0 Å². The van der Waals surface area contributed by atoms with Crippen LogP contribution >= 0.6 is 11.3 Å². The number of ether oxygens (including phenoxy) is 1. The summed E-state index contributed by atoms with van der Waals surface area (Å²) in [6.07, 6.45) is 0. The Kier molecular flexibility index (Phi) is 2.78. The Morgan fingerprint density at radius 2 is 2.07 bits per heavy atom. The predicted octanol–water partition coefficient (Wildman–Crippen LogP) is 2.65. The summed E-state index contributed by atoms with van der Waals surface area (Å²) >= 11 is 1.37. The van der Waals surface area contributed by atoms with Crippen LogP contribution in [0.1, 0.15) is 5.69 Å². The van der Waals surface area contributed by atoms with Gasteiger partial charge in [0, 0.05) is 5.56 Å². The van der Waals surface area contributed by atoms with Crippen LogP contribution in [-0.4, -0.2) is 11.5 Å². The van der Waals surface area contributed by atoms with Crippen molar-refractivity contribution in [2.75, 3.05) is 0 Å². The van der Waals surface area contributed by atoms with Crippen LogP contribution in [-0.2, 0) is 4.79 Å². The quantitative estimate of drug-likeness (QED) is 0.745. The van der Waals surface area contributed by atoms with E-state index in [1.54, 1.807) is 0 Å². The normalized spacial score (nSPS) is 9.93. The summed E-state index contributed by atoms with van der Waals surface area (Å²) in [5.41, 5.74) is 1.78. The van der Waals surface area contributed by atoms with Crippen molar-refractivity contribution in [1.82, 2.24) is 4.98 Å². The van der Waals surface area contributed by atoms with Gasteiger partial charge in [-0.05, 0) is 6.92 Å². The van der Waals surface area contributed by atoms with Crippen LogP contribution in [0.15, 0.2) is 30.3 Å². The van der Waals surface area contributed by atoms with E-state index in [1.165, 1.54) is 11.3 Å². The molecule has 0 N–H and O–H groups in total. The lowest BCUT2D eigenvalue weighted by Gasteiger charge is -1.92. The number of carbonyl (C=O) groups is 1. The van der Waals surface area contributed by atoms with Gasteiger partial charge in [0.25, 0.3) is 6.47 Å². The zero-order valence-electron chi connectivity index (χ0n) is 8.14. The second-order valence-corrected chi connectivity index (χ2v) is 3.93. The third-order valence-corrected chi connectivity index (χ3v) is 3.03. The van der Waals surface area contributed by atoms with Gasteiger partial charge < -0.3 is 4.74 Å². The minimum absolute atomic E-state index is 0.426. The van der Waals surface area contributed by atoms with Crippen molar-refractivity contribution >= 4 is 17.8 Å².